The van der Waals surface area contributed by atoms with Gasteiger partial charge in [0, 0.05) is 33.8 Å². The number of halogens is 2. The molecule has 3 aromatic carbocycles. The number of carbonyl (C=O) groups is 2. The fraction of sp³-hybridized carbons (Fsp3) is 0.310. The van der Waals surface area contributed by atoms with Crippen LogP contribution in [-0.4, -0.2) is 37.2 Å². The van der Waals surface area contributed by atoms with E-state index in [-0.39, 0.29) is 29.7 Å². The number of ether oxygens (including phenoxy) is 1. The first-order valence-corrected chi connectivity index (χ1v) is 13.4. The SMILES string of the molecule is COc1cc(CC(=O)NC(c2ccc(Cl)cc2)c2c(C)cccc2N2CCCCC2)c(Br)cc1C(=O)O. The summed E-state index contributed by atoms with van der Waals surface area (Å²) in [6.07, 6.45) is 3.57. The summed E-state index contributed by atoms with van der Waals surface area (Å²) in [5.74, 6) is -1.08. The number of aromatic carboxylic acids is 1. The molecule has 1 unspecified atom stereocenters. The Bertz CT molecular complexity index is 1290. The number of methoxy groups -OCH3 is 1. The lowest BCUT2D eigenvalue weighted by Gasteiger charge is -2.34. The molecule has 6 nitrogen and oxygen atoms in total. The highest BCUT2D eigenvalue weighted by molar-refractivity contribution is 9.10. The minimum atomic E-state index is -1.10. The van der Waals surface area contributed by atoms with Crippen molar-refractivity contribution in [2.24, 2.45) is 0 Å². The van der Waals surface area contributed by atoms with E-state index in [4.69, 9.17) is 16.3 Å². The van der Waals surface area contributed by atoms with Gasteiger partial charge in [-0.25, -0.2) is 4.79 Å². The number of carboxylic acid groups (broad SMARTS) is 1. The molecule has 0 radical (unpaired) electrons. The summed E-state index contributed by atoms with van der Waals surface area (Å²) in [7, 11) is 1.41. The summed E-state index contributed by atoms with van der Waals surface area (Å²) in [4.78, 5) is 27.4. The molecule has 0 saturated carbocycles. The summed E-state index contributed by atoms with van der Waals surface area (Å²) < 4.78 is 5.80. The standard InChI is InChI=1S/C29H30BrClN2O4/c1-18-7-6-8-24(33-13-4-3-5-14-33)27(18)28(19-9-11-21(31)12-10-19)32-26(34)16-20-15-25(37-2)22(29(35)36)17-23(20)30/h6-12,15,17,28H,3-5,13-14,16H2,1-2H3,(H,32,34)(H,35,36). The predicted octanol–water partition coefficient (Wildman–Crippen LogP) is 6.56. The molecule has 1 aliphatic heterocycles. The van der Waals surface area contributed by atoms with Crippen LogP contribution in [-0.2, 0) is 11.2 Å². The third-order valence-electron chi connectivity index (χ3n) is 6.75. The molecule has 2 N–H and O–H groups in total. The molecule has 1 aliphatic rings. The van der Waals surface area contributed by atoms with Crippen molar-refractivity contribution < 1.29 is 19.4 Å². The van der Waals surface area contributed by atoms with Gasteiger partial charge >= 0.3 is 5.97 Å². The molecule has 0 aromatic heterocycles. The van der Waals surface area contributed by atoms with E-state index in [1.54, 1.807) is 6.07 Å². The summed E-state index contributed by atoms with van der Waals surface area (Å²) >= 11 is 9.61. The van der Waals surface area contributed by atoms with Crippen LogP contribution in [0, 0.1) is 6.92 Å². The van der Waals surface area contributed by atoms with Gasteiger partial charge in [-0.1, -0.05) is 51.8 Å². The molecule has 1 amide bonds. The van der Waals surface area contributed by atoms with Crippen LogP contribution in [0.5, 0.6) is 5.75 Å². The molecule has 1 saturated heterocycles. The monoisotopic (exact) mass is 584 g/mol. The molecular weight excluding hydrogens is 556 g/mol. The van der Waals surface area contributed by atoms with E-state index in [1.807, 2.05) is 24.3 Å². The van der Waals surface area contributed by atoms with E-state index in [1.165, 1.54) is 19.6 Å². The van der Waals surface area contributed by atoms with Crippen LogP contribution in [0.1, 0.15) is 57.9 Å². The molecular formula is C29H30BrClN2O4. The molecule has 4 rings (SSSR count). The van der Waals surface area contributed by atoms with Gasteiger partial charge in [0.1, 0.15) is 11.3 Å². The van der Waals surface area contributed by atoms with Gasteiger partial charge in [-0.3, -0.25) is 4.79 Å². The molecule has 1 heterocycles. The normalized spacial score (nSPS) is 14.2. The minimum Gasteiger partial charge on any atom is -0.496 e. The molecule has 194 valence electrons. The Morgan fingerprint density at radius 1 is 1.11 bits per heavy atom. The van der Waals surface area contributed by atoms with Crippen LogP contribution in [0.2, 0.25) is 5.02 Å². The topological polar surface area (TPSA) is 78.9 Å². The van der Waals surface area contributed by atoms with E-state index in [2.05, 4.69) is 51.3 Å². The van der Waals surface area contributed by atoms with Gasteiger partial charge in [-0.15, -0.1) is 0 Å². The Kier molecular flexibility index (Phi) is 8.77. The Hall–Kier alpha value is -3.03. The summed E-state index contributed by atoms with van der Waals surface area (Å²) in [5, 5.41) is 13.3. The van der Waals surface area contributed by atoms with Crippen molar-refractivity contribution >= 4 is 45.1 Å². The molecule has 37 heavy (non-hydrogen) atoms. The van der Waals surface area contributed by atoms with Crippen LogP contribution in [0.15, 0.2) is 59.1 Å². The van der Waals surface area contributed by atoms with Gasteiger partial charge in [0.2, 0.25) is 5.91 Å². The van der Waals surface area contributed by atoms with Crippen molar-refractivity contribution in [3.63, 3.8) is 0 Å². The van der Waals surface area contributed by atoms with Crippen molar-refractivity contribution in [1.82, 2.24) is 5.32 Å². The molecule has 8 heteroatoms. The zero-order valence-electron chi connectivity index (χ0n) is 20.9. The van der Waals surface area contributed by atoms with Gasteiger partial charge in [0.25, 0.3) is 0 Å². The van der Waals surface area contributed by atoms with Gasteiger partial charge in [-0.05, 0) is 73.2 Å². The number of hydrogen-bond acceptors (Lipinski definition) is 4. The summed E-state index contributed by atoms with van der Waals surface area (Å²) in [5.41, 5.74) is 4.89. The van der Waals surface area contributed by atoms with E-state index in [9.17, 15) is 14.7 Å². The summed E-state index contributed by atoms with van der Waals surface area (Å²) in [6.45, 7) is 4.05. The first-order valence-electron chi connectivity index (χ1n) is 12.3. The van der Waals surface area contributed by atoms with Crippen LogP contribution < -0.4 is 15.0 Å². The third-order valence-corrected chi connectivity index (χ3v) is 7.74. The first-order chi connectivity index (χ1) is 17.8. The fourth-order valence-corrected chi connectivity index (χ4v) is 5.49. The van der Waals surface area contributed by atoms with Crippen molar-refractivity contribution in [3.05, 3.63) is 91.9 Å². The minimum absolute atomic E-state index is 0.0312. The highest BCUT2D eigenvalue weighted by Gasteiger charge is 2.26. The second kappa shape index (κ2) is 12.0. The maximum absolute atomic E-state index is 13.5. The summed E-state index contributed by atoms with van der Waals surface area (Å²) in [6, 6.07) is 16.5. The van der Waals surface area contributed by atoms with Crippen molar-refractivity contribution in [1.29, 1.82) is 0 Å². The van der Waals surface area contributed by atoms with E-state index in [0.29, 0.717) is 15.1 Å². The smallest absolute Gasteiger partial charge is 0.339 e. The molecule has 1 atom stereocenters. The maximum atomic E-state index is 13.5. The number of carboxylic acids is 1. The lowest BCUT2D eigenvalue weighted by atomic mass is 9.91. The Morgan fingerprint density at radius 2 is 1.81 bits per heavy atom. The van der Waals surface area contributed by atoms with Crippen molar-refractivity contribution in [2.75, 3.05) is 25.1 Å². The zero-order valence-corrected chi connectivity index (χ0v) is 23.2. The number of rotatable bonds is 8. The third kappa shape index (κ3) is 6.28. The Balaban J connectivity index is 1.70. The lowest BCUT2D eigenvalue weighted by molar-refractivity contribution is -0.120. The second-order valence-electron chi connectivity index (χ2n) is 9.23. The first kappa shape index (κ1) is 27.0. The predicted molar refractivity (Wildman–Crippen MR) is 150 cm³/mol. The van der Waals surface area contributed by atoms with Crippen molar-refractivity contribution in [3.8, 4) is 5.75 Å². The second-order valence-corrected chi connectivity index (χ2v) is 10.5. The van der Waals surface area contributed by atoms with E-state index < -0.39 is 5.97 Å². The average molecular weight is 586 g/mol. The largest absolute Gasteiger partial charge is 0.496 e. The average Bonchev–Trinajstić information content (AvgIpc) is 2.89. The van der Waals surface area contributed by atoms with E-state index in [0.717, 1.165) is 48.3 Å². The number of aryl methyl sites for hydroxylation is 1. The van der Waals surface area contributed by atoms with E-state index >= 15 is 0 Å². The number of amides is 1. The Labute approximate surface area is 230 Å². The lowest BCUT2D eigenvalue weighted by Crippen LogP contribution is -2.35. The number of piperidine rings is 1. The molecule has 1 fully saturated rings. The van der Waals surface area contributed by atoms with Gasteiger partial charge in [0.05, 0.1) is 19.6 Å². The van der Waals surface area contributed by atoms with Gasteiger partial charge in [0.15, 0.2) is 0 Å². The van der Waals surface area contributed by atoms with Crippen LogP contribution >= 0.6 is 27.5 Å². The Morgan fingerprint density at radius 3 is 2.46 bits per heavy atom. The van der Waals surface area contributed by atoms with Gasteiger partial charge in [-0.2, -0.15) is 0 Å². The highest BCUT2D eigenvalue weighted by atomic mass is 79.9. The van der Waals surface area contributed by atoms with Crippen LogP contribution in [0.25, 0.3) is 0 Å². The van der Waals surface area contributed by atoms with Gasteiger partial charge < -0.3 is 20.1 Å². The highest BCUT2D eigenvalue weighted by Crippen LogP contribution is 2.36. The zero-order chi connectivity index (χ0) is 26.5. The van der Waals surface area contributed by atoms with Crippen LogP contribution in [0.4, 0.5) is 5.69 Å². The van der Waals surface area contributed by atoms with Crippen LogP contribution in [0.3, 0.4) is 0 Å². The molecule has 0 spiro atoms. The number of nitrogens with one attached hydrogen (secondary N) is 1. The molecule has 0 bridgehead atoms. The number of carbonyl (C=O) groups excluding carboxylic acids is 1. The number of benzene rings is 3. The quantitative estimate of drug-likeness (QED) is 0.313. The van der Waals surface area contributed by atoms with Crippen molar-refractivity contribution in [2.45, 2.75) is 38.6 Å². The number of hydrogen-bond donors (Lipinski definition) is 2. The number of anilines is 1. The fourth-order valence-electron chi connectivity index (χ4n) is 4.88. The molecule has 0 aliphatic carbocycles. The maximum Gasteiger partial charge on any atom is 0.339 e. The molecule has 3 aromatic rings. The number of nitrogens with zero attached hydrogens (tertiary/aromatic N) is 1.